The second-order valence-electron chi connectivity index (χ2n) is 12.3. The zero-order valence-electron chi connectivity index (χ0n) is 25.6. The first kappa shape index (κ1) is 26.5. The van der Waals surface area contributed by atoms with Gasteiger partial charge < -0.3 is 0 Å². The van der Waals surface area contributed by atoms with Crippen molar-refractivity contribution in [2.24, 2.45) is 0 Å². The lowest BCUT2D eigenvalue weighted by molar-refractivity contribution is 1.06. The Morgan fingerprint density at radius 3 is 1.80 bits per heavy atom. The van der Waals surface area contributed by atoms with E-state index >= 15 is 0 Å². The van der Waals surface area contributed by atoms with E-state index in [1.54, 1.807) is 0 Å². The molecule has 6 aromatic carbocycles. The van der Waals surface area contributed by atoms with Gasteiger partial charge in [0.2, 0.25) is 6.71 Å². The van der Waals surface area contributed by atoms with Crippen LogP contribution in [0.3, 0.4) is 0 Å². The molecule has 2 aromatic heterocycles. The summed E-state index contributed by atoms with van der Waals surface area (Å²) in [4.78, 5) is 2.66. The maximum absolute atomic E-state index is 2.48. The average molecular weight is 595 g/mol. The molecule has 0 saturated heterocycles. The monoisotopic (exact) mass is 594 g/mol. The Morgan fingerprint density at radius 2 is 1.09 bits per heavy atom. The molecule has 1 aliphatic heterocycles. The maximum Gasteiger partial charge on any atom is 0.244 e. The molecule has 0 radical (unpaired) electrons. The first-order valence-corrected chi connectivity index (χ1v) is 16.5. The van der Waals surface area contributed by atoms with Crippen LogP contribution in [0.15, 0.2) is 143 Å². The largest absolute Gasteiger partial charge is 0.295 e. The van der Waals surface area contributed by atoms with Crippen LogP contribution in [0.2, 0.25) is 0 Å². The fourth-order valence-corrected chi connectivity index (χ4v) is 9.01. The molecule has 0 fully saturated rings. The molecule has 1 aliphatic rings. The molecule has 0 unspecified atom stereocenters. The lowest BCUT2D eigenvalue weighted by Crippen LogP contribution is -2.56. The van der Waals surface area contributed by atoms with Gasteiger partial charge in [-0.3, -0.25) is 9.13 Å². The van der Waals surface area contributed by atoms with Gasteiger partial charge in [0.05, 0.1) is 11.0 Å². The number of hydrogen-bond donors (Lipinski definition) is 0. The van der Waals surface area contributed by atoms with Gasteiger partial charge >= 0.3 is 0 Å². The van der Waals surface area contributed by atoms with Crippen molar-refractivity contribution in [1.82, 2.24) is 9.13 Å². The van der Waals surface area contributed by atoms with Gasteiger partial charge in [0, 0.05) is 37.3 Å². The van der Waals surface area contributed by atoms with E-state index in [-0.39, 0.29) is 6.71 Å². The Hall–Kier alpha value is -4.93. The van der Waals surface area contributed by atoms with Gasteiger partial charge in [-0.15, -0.1) is 0 Å². The number of nitrogens with zero attached hydrogens (tertiary/aromatic N) is 2. The summed E-state index contributed by atoms with van der Waals surface area (Å²) < 4.78 is 4.92. The van der Waals surface area contributed by atoms with Crippen LogP contribution in [0.1, 0.15) is 16.7 Å². The Labute approximate surface area is 268 Å². The van der Waals surface area contributed by atoms with E-state index < -0.39 is 0 Å². The zero-order chi connectivity index (χ0) is 30.2. The first-order chi connectivity index (χ1) is 22.1. The minimum Gasteiger partial charge on any atom is -0.295 e. The van der Waals surface area contributed by atoms with E-state index in [1.165, 1.54) is 87.1 Å². The number of aromatic nitrogens is 2. The van der Waals surface area contributed by atoms with Crippen LogP contribution in [-0.2, 0) is 0 Å². The molecule has 4 heteroatoms. The van der Waals surface area contributed by atoms with Crippen LogP contribution in [0.5, 0.6) is 0 Å². The lowest BCUT2D eigenvalue weighted by Gasteiger charge is -2.29. The summed E-state index contributed by atoms with van der Waals surface area (Å²) in [5.41, 5.74) is 14.2. The predicted molar refractivity (Wildman–Crippen MR) is 193 cm³/mol. The number of rotatable bonds is 3. The molecule has 0 saturated carbocycles. The summed E-state index contributed by atoms with van der Waals surface area (Å²) in [7, 11) is 0. The molecule has 45 heavy (non-hydrogen) atoms. The van der Waals surface area contributed by atoms with E-state index in [4.69, 9.17) is 0 Å². The van der Waals surface area contributed by atoms with Gasteiger partial charge in [-0.25, -0.2) is 0 Å². The highest BCUT2D eigenvalue weighted by atomic mass is 32.2. The summed E-state index contributed by atoms with van der Waals surface area (Å²) in [5.74, 6) is 0. The van der Waals surface area contributed by atoms with Crippen LogP contribution < -0.4 is 16.4 Å². The van der Waals surface area contributed by atoms with Crippen molar-refractivity contribution in [2.45, 2.75) is 30.6 Å². The summed E-state index contributed by atoms with van der Waals surface area (Å²) in [6, 6.07) is 49.3. The normalized spacial score (nSPS) is 12.6. The van der Waals surface area contributed by atoms with E-state index in [0.717, 1.165) is 0 Å². The van der Waals surface area contributed by atoms with Crippen molar-refractivity contribution in [3.05, 3.63) is 150 Å². The van der Waals surface area contributed by atoms with Crippen molar-refractivity contribution in [3.63, 3.8) is 0 Å². The Morgan fingerprint density at radius 1 is 0.511 bits per heavy atom. The quantitative estimate of drug-likeness (QED) is 0.186. The number of hydrogen-bond acceptors (Lipinski definition) is 1. The fraction of sp³-hybridized carbons (Fsp3) is 0.0732. The Kier molecular flexibility index (Phi) is 5.91. The van der Waals surface area contributed by atoms with E-state index in [2.05, 4.69) is 163 Å². The van der Waals surface area contributed by atoms with Gasteiger partial charge in [0.1, 0.15) is 5.65 Å². The Balaban J connectivity index is 1.35. The van der Waals surface area contributed by atoms with E-state index in [1.807, 2.05) is 11.8 Å². The van der Waals surface area contributed by atoms with E-state index in [9.17, 15) is 0 Å². The molecule has 3 heterocycles. The smallest absolute Gasteiger partial charge is 0.244 e. The fourth-order valence-electron chi connectivity index (χ4n) is 7.84. The predicted octanol–water partition coefficient (Wildman–Crippen LogP) is 8.63. The van der Waals surface area contributed by atoms with Crippen LogP contribution in [0, 0.1) is 20.8 Å². The van der Waals surface area contributed by atoms with Crippen molar-refractivity contribution in [1.29, 1.82) is 0 Å². The van der Waals surface area contributed by atoms with Crippen LogP contribution >= 0.6 is 11.8 Å². The van der Waals surface area contributed by atoms with Crippen LogP contribution in [0.4, 0.5) is 0 Å². The van der Waals surface area contributed by atoms with Crippen molar-refractivity contribution in [3.8, 4) is 11.4 Å². The minimum absolute atomic E-state index is 0.198. The number of benzene rings is 6. The number of aryl methyl sites for hydroxylation is 3. The lowest BCUT2D eigenvalue weighted by atomic mass is 9.35. The molecule has 0 aliphatic carbocycles. The standard InChI is InChI=1S/C41H31BN2S/c1-26-23-27(2)40(28(3)24-26)42-33-17-9-12-20-37(33)45-38-25-30(21-22-34(38)42)44-36-19-11-8-16-32(36)39-31-15-7-10-18-35(31)43(41(39)44)29-13-5-4-6-14-29/h4-25H,1-3H3. The second kappa shape index (κ2) is 10.1. The average Bonchev–Trinajstić information content (AvgIpc) is 3.57. The van der Waals surface area contributed by atoms with Crippen molar-refractivity contribution in [2.75, 3.05) is 0 Å². The Bertz CT molecular complexity index is 2430. The topological polar surface area (TPSA) is 9.86 Å². The third kappa shape index (κ3) is 3.92. The first-order valence-electron chi connectivity index (χ1n) is 15.7. The van der Waals surface area contributed by atoms with Gasteiger partial charge in [0.25, 0.3) is 0 Å². The highest BCUT2D eigenvalue weighted by Gasteiger charge is 2.33. The molecule has 0 bridgehead atoms. The summed E-state index contributed by atoms with van der Waals surface area (Å²) in [6.07, 6.45) is 0. The molecule has 0 spiro atoms. The summed E-state index contributed by atoms with van der Waals surface area (Å²) >= 11 is 1.90. The third-order valence-electron chi connectivity index (χ3n) is 9.53. The molecule has 0 atom stereocenters. The van der Waals surface area contributed by atoms with Crippen molar-refractivity contribution >= 4 is 67.7 Å². The van der Waals surface area contributed by atoms with Crippen molar-refractivity contribution < 1.29 is 0 Å². The zero-order valence-corrected chi connectivity index (χ0v) is 26.4. The van der Waals surface area contributed by atoms with E-state index in [0.29, 0.717) is 0 Å². The van der Waals surface area contributed by atoms with Gasteiger partial charge in [0.15, 0.2) is 0 Å². The second-order valence-corrected chi connectivity index (χ2v) is 13.4. The molecule has 9 rings (SSSR count). The summed E-state index contributed by atoms with van der Waals surface area (Å²) in [5, 5.41) is 3.85. The highest BCUT2D eigenvalue weighted by molar-refractivity contribution is 8.00. The third-order valence-corrected chi connectivity index (χ3v) is 10.7. The van der Waals surface area contributed by atoms with Crippen LogP contribution in [-0.4, -0.2) is 15.8 Å². The number of para-hydroxylation sites is 3. The summed E-state index contributed by atoms with van der Waals surface area (Å²) in [6.45, 7) is 6.95. The highest BCUT2D eigenvalue weighted by Crippen LogP contribution is 2.41. The molecule has 214 valence electrons. The van der Waals surface area contributed by atoms with Gasteiger partial charge in [-0.2, -0.15) is 0 Å². The molecular formula is C41H31BN2S. The number of fused-ring (bicyclic) bond motifs is 7. The van der Waals surface area contributed by atoms with Gasteiger partial charge in [-0.05, 0) is 63.2 Å². The minimum atomic E-state index is 0.198. The molecule has 8 aromatic rings. The van der Waals surface area contributed by atoms with Gasteiger partial charge in [-0.1, -0.05) is 136 Å². The SMILES string of the molecule is Cc1cc(C)c(B2c3ccccc3Sc3cc(-n4c5ccccc5c5c6ccccc6n(-c6ccccc6)c54)ccc32)c(C)c1. The molecular weight excluding hydrogens is 563 g/mol. The van der Waals surface area contributed by atoms with Crippen LogP contribution in [0.25, 0.3) is 44.2 Å². The molecule has 0 N–H and O–H groups in total. The maximum atomic E-state index is 2.48. The molecule has 0 amide bonds. The molecule has 2 nitrogen and oxygen atoms in total.